The van der Waals surface area contributed by atoms with Crippen molar-refractivity contribution in [1.29, 1.82) is 0 Å². The minimum atomic E-state index is -1.09. The van der Waals surface area contributed by atoms with Crippen LogP contribution in [0.2, 0.25) is 0 Å². The van der Waals surface area contributed by atoms with E-state index in [0.29, 0.717) is 31.9 Å². The summed E-state index contributed by atoms with van der Waals surface area (Å²) in [4.78, 5) is 32.0. The topological polar surface area (TPSA) is 71.5 Å². The highest BCUT2D eigenvalue weighted by Gasteiger charge is 2.35. The summed E-state index contributed by atoms with van der Waals surface area (Å²) in [7, 11) is 0. The van der Waals surface area contributed by atoms with Crippen molar-refractivity contribution in [3.05, 3.63) is 77.9 Å². The van der Waals surface area contributed by atoms with Crippen LogP contribution in [0.25, 0.3) is 10.8 Å². The second-order valence-corrected chi connectivity index (χ2v) is 9.39. The Morgan fingerprint density at radius 1 is 1.21 bits per heavy atom. The van der Waals surface area contributed by atoms with Crippen LogP contribution in [0.4, 0.5) is 4.39 Å². The standard InChI is InChI=1S/C27H30FN3O3/c1-27(2,30-25(32)15-19-5-3-8-23(28)14-19)26(33)31-11-12-34-18-20(17-31)13-22-7-4-6-21-9-10-29-16-24(21)22/h3-10,14,16,20H,11-13,15,17-18H2,1-2H3,(H,30,32). The maximum atomic E-state index is 13.4. The normalized spacial score (nSPS) is 16.8. The minimum absolute atomic E-state index is 0.00925. The molecule has 0 aliphatic carbocycles. The zero-order valence-electron chi connectivity index (χ0n) is 19.6. The van der Waals surface area contributed by atoms with E-state index in [1.54, 1.807) is 37.1 Å². The zero-order valence-corrected chi connectivity index (χ0v) is 19.6. The number of nitrogens with one attached hydrogen (secondary N) is 1. The van der Waals surface area contributed by atoms with Crippen LogP contribution in [0.15, 0.2) is 60.9 Å². The monoisotopic (exact) mass is 463 g/mol. The zero-order chi connectivity index (χ0) is 24.1. The maximum Gasteiger partial charge on any atom is 0.247 e. The van der Waals surface area contributed by atoms with Crippen LogP contribution in [0.3, 0.4) is 0 Å². The summed E-state index contributed by atoms with van der Waals surface area (Å²) >= 11 is 0. The third-order valence-corrected chi connectivity index (χ3v) is 6.15. The predicted molar refractivity (Wildman–Crippen MR) is 129 cm³/mol. The Morgan fingerprint density at radius 3 is 2.85 bits per heavy atom. The molecule has 2 amide bonds. The molecule has 1 aliphatic heterocycles. The molecular formula is C27H30FN3O3. The number of hydrogen-bond acceptors (Lipinski definition) is 4. The third kappa shape index (κ3) is 5.78. The van der Waals surface area contributed by atoms with Crippen molar-refractivity contribution in [1.82, 2.24) is 15.2 Å². The molecule has 6 nitrogen and oxygen atoms in total. The number of carbonyl (C=O) groups is 2. The van der Waals surface area contributed by atoms with E-state index >= 15 is 0 Å². The predicted octanol–water partition coefficient (Wildman–Crippen LogP) is 3.53. The van der Waals surface area contributed by atoms with E-state index in [-0.39, 0.29) is 24.2 Å². The maximum absolute atomic E-state index is 13.4. The Hall–Kier alpha value is -3.32. The second-order valence-electron chi connectivity index (χ2n) is 9.39. The van der Waals surface area contributed by atoms with Gasteiger partial charge in [-0.25, -0.2) is 4.39 Å². The Bertz CT molecular complexity index is 1180. The summed E-state index contributed by atoms with van der Waals surface area (Å²) in [5, 5.41) is 5.07. The molecule has 1 unspecified atom stereocenters. The lowest BCUT2D eigenvalue weighted by atomic mass is 9.95. The summed E-state index contributed by atoms with van der Waals surface area (Å²) in [5.74, 6) is -0.751. The van der Waals surface area contributed by atoms with Gasteiger partial charge in [-0.3, -0.25) is 14.6 Å². The lowest BCUT2D eigenvalue weighted by molar-refractivity contribution is -0.140. The molecule has 178 valence electrons. The van der Waals surface area contributed by atoms with Crippen LogP contribution in [-0.2, 0) is 27.2 Å². The summed E-state index contributed by atoms with van der Waals surface area (Å²) < 4.78 is 19.3. The molecule has 34 heavy (non-hydrogen) atoms. The smallest absolute Gasteiger partial charge is 0.247 e. The Balaban J connectivity index is 1.42. The van der Waals surface area contributed by atoms with Gasteiger partial charge < -0.3 is 15.0 Å². The van der Waals surface area contributed by atoms with Crippen LogP contribution in [0.1, 0.15) is 25.0 Å². The Kier molecular flexibility index (Phi) is 7.22. The first-order valence-electron chi connectivity index (χ1n) is 11.6. The number of amides is 2. The minimum Gasteiger partial charge on any atom is -0.379 e. The molecule has 2 heterocycles. The number of nitrogens with zero attached hydrogens (tertiary/aromatic N) is 2. The Morgan fingerprint density at radius 2 is 2.03 bits per heavy atom. The average Bonchev–Trinajstić information content (AvgIpc) is 3.04. The fraction of sp³-hybridized carbons (Fsp3) is 0.370. The van der Waals surface area contributed by atoms with E-state index in [1.165, 1.54) is 17.7 Å². The molecule has 1 aliphatic rings. The number of aromatic nitrogens is 1. The van der Waals surface area contributed by atoms with Gasteiger partial charge in [0.25, 0.3) is 0 Å². The molecule has 3 aromatic rings. The highest BCUT2D eigenvalue weighted by molar-refractivity contribution is 5.91. The van der Waals surface area contributed by atoms with Crippen molar-refractivity contribution in [3.8, 4) is 0 Å². The van der Waals surface area contributed by atoms with Crippen LogP contribution in [0, 0.1) is 11.7 Å². The fourth-order valence-electron chi connectivity index (χ4n) is 4.53. The number of halogens is 1. The summed E-state index contributed by atoms with van der Waals surface area (Å²) in [6.07, 6.45) is 4.43. The highest BCUT2D eigenvalue weighted by atomic mass is 19.1. The molecule has 0 spiro atoms. The number of carbonyl (C=O) groups excluding carboxylic acids is 2. The van der Waals surface area contributed by atoms with Crippen molar-refractivity contribution >= 4 is 22.6 Å². The van der Waals surface area contributed by atoms with Crippen molar-refractivity contribution in [2.75, 3.05) is 26.3 Å². The van der Waals surface area contributed by atoms with E-state index < -0.39 is 11.4 Å². The van der Waals surface area contributed by atoms with Gasteiger partial charge in [-0.15, -0.1) is 0 Å². The van der Waals surface area contributed by atoms with Crippen molar-refractivity contribution in [2.24, 2.45) is 5.92 Å². The van der Waals surface area contributed by atoms with Crippen molar-refractivity contribution in [3.63, 3.8) is 0 Å². The molecule has 0 bridgehead atoms. The molecule has 7 heteroatoms. The van der Waals surface area contributed by atoms with E-state index in [2.05, 4.69) is 22.4 Å². The average molecular weight is 464 g/mol. The van der Waals surface area contributed by atoms with Gasteiger partial charge in [0.2, 0.25) is 11.8 Å². The molecule has 1 saturated heterocycles. The molecule has 0 saturated carbocycles. The second kappa shape index (κ2) is 10.3. The highest BCUT2D eigenvalue weighted by Crippen LogP contribution is 2.23. The SMILES string of the molecule is CC(C)(NC(=O)Cc1cccc(F)c1)C(=O)N1CCOCC(Cc2cccc3ccncc23)C1. The fourth-order valence-corrected chi connectivity index (χ4v) is 4.53. The van der Waals surface area contributed by atoms with Crippen LogP contribution in [-0.4, -0.2) is 53.5 Å². The number of pyridine rings is 1. The number of ether oxygens (including phenoxy) is 1. The molecular weight excluding hydrogens is 433 g/mol. The quantitative estimate of drug-likeness (QED) is 0.607. The number of fused-ring (bicyclic) bond motifs is 1. The lowest BCUT2D eigenvalue weighted by Gasteiger charge is -2.33. The number of rotatable bonds is 6. The first kappa shape index (κ1) is 23.8. The largest absolute Gasteiger partial charge is 0.379 e. The number of hydrogen-bond donors (Lipinski definition) is 1. The molecule has 1 N–H and O–H groups in total. The van der Waals surface area contributed by atoms with Gasteiger partial charge in [-0.2, -0.15) is 0 Å². The first-order valence-corrected chi connectivity index (χ1v) is 11.6. The van der Waals surface area contributed by atoms with E-state index in [0.717, 1.165) is 17.2 Å². The van der Waals surface area contributed by atoms with Gasteiger partial charge in [0.1, 0.15) is 11.4 Å². The number of benzene rings is 2. The molecule has 1 aromatic heterocycles. The van der Waals surface area contributed by atoms with E-state index in [1.807, 2.05) is 18.3 Å². The van der Waals surface area contributed by atoms with E-state index in [4.69, 9.17) is 4.74 Å². The van der Waals surface area contributed by atoms with Gasteiger partial charge in [-0.1, -0.05) is 30.3 Å². The van der Waals surface area contributed by atoms with Gasteiger partial charge in [0.05, 0.1) is 19.6 Å². The third-order valence-electron chi connectivity index (χ3n) is 6.15. The molecule has 4 rings (SSSR count). The first-order chi connectivity index (χ1) is 16.3. The van der Waals surface area contributed by atoms with Crippen molar-refractivity contribution in [2.45, 2.75) is 32.2 Å². The molecule has 1 fully saturated rings. The van der Waals surface area contributed by atoms with E-state index in [9.17, 15) is 14.0 Å². The lowest BCUT2D eigenvalue weighted by Crippen LogP contribution is -2.57. The van der Waals surface area contributed by atoms with Gasteiger partial charge in [0.15, 0.2) is 0 Å². The summed E-state index contributed by atoms with van der Waals surface area (Å²) in [6.45, 7) is 5.43. The summed E-state index contributed by atoms with van der Waals surface area (Å²) in [5.41, 5.74) is 0.646. The van der Waals surface area contributed by atoms with Crippen LogP contribution in [0.5, 0.6) is 0 Å². The summed E-state index contributed by atoms with van der Waals surface area (Å²) in [6, 6.07) is 14.1. The Labute approximate surface area is 199 Å². The molecule has 1 atom stereocenters. The van der Waals surface area contributed by atoms with Crippen LogP contribution >= 0.6 is 0 Å². The van der Waals surface area contributed by atoms with Crippen LogP contribution < -0.4 is 5.32 Å². The van der Waals surface area contributed by atoms with Crippen molar-refractivity contribution < 1.29 is 18.7 Å². The van der Waals surface area contributed by atoms with Gasteiger partial charge in [-0.05, 0) is 55.0 Å². The van der Waals surface area contributed by atoms with Gasteiger partial charge in [0, 0.05) is 36.8 Å². The molecule has 0 radical (unpaired) electrons. The van der Waals surface area contributed by atoms with Gasteiger partial charge >= 0.3 is 0 Å². The molecule has 2 aromatic carbocycles.